The Hall–Kier alpha value is -4.69. The SMILES string of the molecule is C#CCC.C/C=N\N1C=CC(Oc2ccc(Nc3ncnc4cc5c(nc34)N3CCN(C)CC3CO5)c(F)c2C)=CC1. The molecule has 1 N–H and O–H groups in total. The first-order valence-corrected chi connectivity index (χ1v) is 14.0. The monoisotopic (exact) mass is 570 g/mol. The van der Waals surface area contributed by atoms with Crippen molar-refractivity contribution in [1.29, 1.82) is 0 Å². The second-order valence-electron chi connectivity index (χ2n) is 10.1. The van der Waals surface area contributed by atoms with Gasteiger partial charge in [-0.15, -0.1) is 12.3 Å². The molecule has 1 saturated heterocycles. The fourth-order valence-electron chi connectivity index (χ4n) is 4.89. The quantitative estimate of drug-likeness (QED) is 0.341. The predicted octanol–water partition coefficient (Wildman–Crippen LogP) is 4.86. The molecule has 11 heteroatoms. The number of nitrogens with zero attached hydrogens (tertiary/aromatic N) is 7. The van der Waals surface area contributed by atoms with E-state index in [2.05, 4.69) is 43.2 Å². The van der Waals surface area contributed by atoms with Gasteiger partial charge in [0.1, 0.15) is 30.0 Å². The summed E-state index contributed by atoms with van der Waals surface area (Å²) in [7, 11) is 2.11. The van der Waals surface area contributed by atoms with Crippen molar-refractivity contribution < 1.29 is 13.9 Å². The summed E-state index contributed by atoms with van der Waals surface area (Å²) in [6, 6.07) is 5.50. The summed E-state index contributed by atoms with van der Waals surface area (Å²) in [5.74, 6) is 4.99. The molecule has 42 heavy (non-hydrogen) atoms. The van der Waals surface area contributed by atoms with Gasteiger partial charge in [0.2, 0.25) is 0 Å². The van der Waals surface area contributed by atoms with E-state index in [0.717, 1.165) is 31.9 Å². The fraction of sp³-hybridized carbons (Fsp3) is 0.355. The van der Waals surface area contributed by atoms with Gasteiger partial charge in [0.05, 0.1) is 23.8 Å². The Morgan fingerprint density at radius 2 is 2.14 bits per heavy atom. The van der Waals surface area contributed by atoms with Gasteiger partial charge < -0.3 is 24.6 Å². The minimum atomic E-state index is -0.424. The second kappa shape index (κ2) is 12.9. The number of likely N-dealkylation sites (N-methyl/N-ethyl adjacent to an activating group) is 1. The average Bonchev–Trinajstić information content (AvgIpc) is 3.01. The number of hydrogen-bond donors (Lipinski definition) is 1. The van der Waals surface area contributed by atoms with Crippen LogP contribution in [-0.2, 0) is 0 Å². The molecule has 0 spiro atoms. The number of hydrogen-bond acceptors (Lipinski definition) is 10. The van der Waals surface area contributed by atoms with Gasteiger partial charge in [-0.25, -0.2) is 19.3 Å². The summed E-state index contributed by atoms with van der Waals surface area (Å²) in [4.78, 5) is 18.3. The summed E-state index contributed by atoms with van der Waals surface area (Å²) in [5, 5.41) is 9.11. The maximum atomic E-state index is 15.5. The molecule has 10 nitrogen and oxygen atoms in total. The van der Waals surface area contributed by atoms with E-state index in [1.807, 2.05) is 32.2 Å². The zero-order valence-corrected chi connectivity index (χ0v) is 24.3. The van der Waals surface area contributed by atoms with Crippen molar-refractivity contribution in [2.75, 3.05) is 50.1 Å². The molecule has 0 aliphatic carbocycles. The maximum Gasteiger partial charge on any atom is 0.172 e. The van der Waals surface area contributed by atoms with Crippen molar-refractivity contribution in [2.45, 2.75) is 33.2 Å². The van der Waals surface area contributed by atoms with Gasteiger partial charge in [-0.05, 0) is 45.2 Å². The summed E-state index contributed by atoms with van der Waals surface area (Å²) in [5.41, 5.74) is 1.85. The van der Waals surface area contributed by atoms with Crippen LogP contribution in [-0.4, -0.2) is 77.0 Å². The van der Waals surface area contributed by atoms with E-state index in [-0.39, 0.29) is 11.7 Å². The van der Waals surface area contributed by atoms with E-state index >= 15 is 4.39 Å². The summed E-state index contributed by atoms with van der Waals surface area (Å²) >= 11 is 0. The molecule has 6 rings (SSSR count). The predicted molar refractivity (Wildman–Crippen MR) is 164 cm³/mol. The van der Waals surface area contributed by atoms with Crippen LogP contribution in [0.25, 0.3) is 11.0 Å². The van der Waals surface area contributed by atoms with Crippen LogP contribution in [0.5, 0.6) is 11.5 Å². The van der Waals surface area contributed by atoms with Crippen LogP contribution in [0, 0.1) is 25.1 Å². The van der Waals surface area contributed by atoms with Crippen LogP contribution in [0.15, 0.2) is 53.7 Å². The highest BCUT2D eigenvalue weighted by atomic mass is 19.1. The van der Waals surface area contributed by atoms with E-state index in [1.54, 1.807) is 36.4 Å². The zero-order chi connectivity index (χ0) is 29.6. The lowest BCUT2D eigenvalue weighted by Crippen LogP contribution is -2.56. The number of ether oxygens (including phenoxy) is 2. The standard InChI is InChI=1S/C27H29FN8O2.C4H6/c1-4-31-35-9-7-19(8-10-35)38-22-6-5-20(24(28)17(22)2)32-26-25-21(29-16-30-26)13-23-27(33-25)36-12-11-34(3)14-18(36)15-37-23;1-3-4-2/h4-9,13,16,18H,10-12,14-15H2,1-3H3,(H,29,30,32);1H,4H2,2H3/b31-4-;. The third-order valence-corrected chi connectivity index (χ3v) is 7.12. The molecule has 1 aromatic carbocycles. The number of nitrogens with one attached hydrogen (secondary N) is 1. The first-order chi connectivity index (χ1) is 20.4. The number of piperazine rings is 1. The van der Waals surface area contributed by atoms with Gasteiger partial charge in [-0.2, -0.15) is 5.10 Å². The Bertz CT molecular complexity index is 1580. The average molecular weight is 571 g/mol. The summed E-state index contributed by atoms with van der Waals surface area (Å²) < 4.78 is 27.5. The van der Waals surface area contributed by atoms with E-state index in [0.29, 0.717) is 52.8 Å². The number of terminal acetylenes is 1. The topological polar surface area (TPSA) is 91.2 Å². The molecule has 1 fully saturated rings. The van der Waals surface area contributed by atoms with E-state index < -0.39 is 5.82 Å². The van der Waals surface area contributed by atoms with Crippen LogP contribution in [0.1, 0.15) is 25.8 Å². The Balaban J connectivity index is 0.000000830. The smallest absolute Gasteiger partial charge is 0.172 e. The molecule has 1 atom stereocenters. The highest BCUT2D eigenvalue weighted by molar-refractivity contribution is 5.90. The number of benzene rings is 1. The van der Waals surface area contributed by atoms with Crippen molar-refractivity contribution in [1.82, 2.24) is 24.9 Å². The van der Waals surface area contributed by atoms with Crippen molar-refractivity contribution in [3.05, 3.63) is 60.0 Å². The molecular formula is C31H35FN8O2. The van der Waals surface area contributed by atoms with Gasteiger partial charge >= 0.3 is 0 Å². The van der Waals surface area contributed by atoms with Crippen molar-refractivity contribution >= 4 is 34.6 Å². The Morgan fingerprint density at radius 1 is 1.31 bits per heavy atom. The van der Waals surface area contributed by atoms with Crippen LogP contribution >= 0.6 is 0 Å². The number of allylic oxidation sites excluding steroid dienone is 1. The van der Waals surface area contributed by atoms with Gasteiger partial charge in [0, 0.05) is 50.1 Å². The van der Waals surface area contributed by atoms with Gasteiger partial charge in [-0.3, -0.25) is 5.01 Å². The number of anilines is 3. The highest BCUT2D eigenvalue weighted by Crippen LogP contribution is 2.37. The third kappa shape index (κ3) is 6.14. The summed E-state index contributed by atoms with van der Waals surface area (Å²) in [6.45, 7) is 9.39. The molecule has 5 heterocycles. The maximum absolute atomic E-state index is 15.5. The molecule has 2 aromatic heterocycles. The number of fused-ring (bicyclic) bond motifs is 4. The first kappa shape index (κ1) is 28.8. The Labute approximate surface area is 245 Å². The van der Waals surface area contributed by atoms with E-state index in [1.165, 1.54) is 6.33 Å². The molecule has 3 aromatic rings. The van der Waals surface area contributed by atoms with Gasteiger partial charge in [0.15, 0.2) is 23.2 Å². The lowest BCUT2D eigenvalue weighted by atomic mass is 10.1. The van der Waals surface area contributed by atoms with E-state index in [4.69, 9.17) is 20.9 Å². The number of pyridine rings is 1. The lowest BCUT2D eigenvalue weighted by Gasteiger charge is -2.43. The third-order valence-electron chi connectivity index (χ3n) is 7.12. The number of rotatable bonds is 5. The van der Waals surface area contributed by atoms with Gasteiger partial charge in [-0.1, -0.05) is 6.92 Å². The van der Waals surface area contributed by atoms with Gasteiger partial charge in [0.25, 0.3) is 0 Å². The zero-order valence-electron chi connectivity index (χ0n) is 24.3. The molecule has 0 radical (unpaired) electrons. The van der Waals surface area contributed by atoms with Crippen LogP contribution in [0.2, 0.25) is 0 Å². The number of aromatic nitrogens is 3. The van der Waals surface area contributed by atoms with Crippen molar-refractivity contribution in [3.63, 3.8) is 0 Å². The van der Waals surface area contributed by atoms with E-state index in [9.17, 15) is 0 Å². The van der Waals surface area contributed by atoms with Crippen molar-refractivity contribution in [2.24, 2.45) is 5.10 Å². The van der Waals surface area contributed by atoms with Crippen LogP contribution in [0.3, 0.4) is 0 Å². The Kier molecular flexibility index (Phi) is 8.83. The lowest BCUT2D eigenvalue weighted by molar-refractivity contribution is 0.187. The molecule has 0 saturated carbocycles. The molecule has 3 aliphatic heterocycles. The largest absolute Gasteiger partial charge is 0.487 e. The first-order valence-electron chi connectivity index (χ1n) is 14.0. The minimum absolute atomic E-state index is 0.233. The number of hydrazone groups is 1. The van der Waals surface area contributed by atoms with Crippen molar-refractivity contribution in [3.8, 4) is 23.8 Å². The molecule has 1 unspecified atom stereocenters. The second-order valence-corrected chi connectivity index (χ2v) is 10.1. The molecule has 3 aliphatic rings. The normalized spacial score (nSPS) is 17.9. The molecule has 0 bridgehead atoms. The molecule has 0 amide bonds. The summed E-state index contributed by atoms with van der Waals surface area (Å²) in [6.07, 6.45) is 14.3. The molecule has 218 valence electrons. The molecular weight excluding hydrogens is 535 g/mol. The van der Waals surface area contributed by atoms with Crippen LogP contribution < -0.4 is 19.7 Å². The minimum Gasteiger partial charge on any atom is -0.487 e. The number of halogens is 1. The van der Waals surface area contributed by atoms with Crippen LogP contribution in [0.4, 0.5) is 21.7 Å². The Morgan fingerprint density at radius 3 is 2.88 bits per heavy atom. The highest BCUT2D eigenvalue weighted by Gasteiger charge is 2.33. The fourth-order valence-corrected chi connectivity index (χ4v) is 4.89.